The van der Waals surface area contributed by atoms with Crippen LogP contribution in [0.2, 0.25) is 5.02 Å². The van der Waals surface area contributed by atoms with Gasteiger partial charge in [0.15, 0.2) is 0 Å². The maximum atomic E-state index is 13.0. The van der Waals surface area contributed by atoms with Gasteiger partial charge in [0.25, 0.3) is 5.91 Å². The van der Waals surface area contributed by atoms with Gasteiger partial charge >= 0.3 is 0 Å². The Hall–Kier alpha value is -1.79. The van der Waals surface area contributed by atoms with Gasteiger partial charge in [-0.1, -0.05) is 11.6 Å². The number of carbonyl (C=O) groups excluding carboxylic acids is 2. The van der Waals surface area contributed by atoms with E-state index >= 15 is 0 Å². The molecule has 2 aliphatic rings. The Morgan fingerprint density at radius 1 is 1.23 bits per heavy atom. The van der Waals surface area contributed by atoms with Crippen molar-refractivity contribution in [1.82, 2.24) is 9.80 Å². The van der Waals surface area contributed by atoms with Crippen molar-refractivity contribution in [2.75, 3.05) is 26.2 Å². The summed E-state index contributed by atoms with van der Waals surface area (Å²) in [5.41, 5.74) is 0.437. The van der Waals surface area contributed by atoms with Crippen molar-refractivity contribution in [1.29, 1.82) is 0 Å². The summed E-state index contributed by atoms with van der Waals surface area (Å²) in [5, 5.41) is 9.98. The Kier molecular flexibility index (Phi) is 6.04. The smallest absolute Gasteiger partial charge is 0.258 e. The van der Waals surface area contributed by atoms with E-state index in [1.807, 2.05) is 4.90 Å². The Balaban J connectivity index is 1.74. The Morgan fingerprint density at radius 2 is 1.96 bits per heavy atom. The second-order valence-corrected chi connectivity index (χ2v) is 7.38. The van der Waals surface area contributed by atoms with Crippen molar-refractivity contribution in [2.24, 2.45) is 0 Å². The Morgan fingerprint density at radius 3 is 2.62 bits per heavy atom. The molecule has 142 valence electrons. The second-order valence-electron chi connectivity index (χ2n) is 6.94. The number of amides is 2. The third kappa shape index (κ3) is 4.13. The normalized spacial score (nSPS) is 21.1. The maximum absolute atomic E-state index is 13.0. The number of aliphatic hydroxyl groups is 1. The molecule has 1 atom stereocenters. The van der Waals surface area contributed by atoms with Crippen LogP contribution in [0, 0.1) is 0 Å². The van der Waals surface area contributed by atoms with E-state index in [0.717, 1.165) is 25.7 Å². The third-order valence-electron chi connectivity index (χ3n) is 5.20. The molecule has 1 aromatic carbocycles. The lowest BCUT2D eigenvalue weighted by atomic mass is 10.1. The Bertz CT molecular complexity index is 674. The molecule has 0 radical (unpaired) electrons. The highest BCUT2D eigenvalue weighted by atomic mass is 35.5. The number of hydrogen-bond donors (Lipinski definition) is 1. The van der Waals surface area contributed by atoms with Gasteiger partial charge in [-0.3, -0.25) is 9.59 Å². The lowest BCUT2D eigenvalue weighted by molar-refractivity contribution is -0.130. The highest BCUT2D eigenvalue weighted by molar-refractivity contribution is 6.31. The van der Waals surface area contributed by atoms with Crippen LogP contribution in [0.25, 0.3) is 0 Å². The number of ether oxygens (including phenoxy) is 1. The van der Waals surface area contributed by atoms with Crippen molar-refractivity contribution < 1.29 is 19.4 Å². The molecule has 7 heteroatoms. The van der Waals surface area contributed by atoms with E-state index in [0.29, 0.717) is 36.0 Å². The lowest BCUT2D eigenvalue weighted by Crippen LogP contribution is -2.41. The molecule has 1 N–H and O–H groups in total. The first kappa shape index (κ1) is 19.0. The van der Waals surface area contributed by atoms with Gasteiger partial charge in [0.1, 0.15) is 11.9 Å². The number of rotatable bonds is 4. The van der Waals surface area contributed by atoms with E-state index in [9.17, 15) is 14.7 Å². The van der Waals surface area contributed by atoms with Crippen molar-refractivity contribution in [2.45, 2.75) is 44.8 Å². The van der Waals surface area contributed by atoms with Crippen LogP contribution in [-0.2, 0) is 4.79 Å². The van der Waals surface area contributed by atoms with Gasteiger partial charge in [0.2, 0.25) is 5.91 Å². The van der Waals surface area contributed by atoms with E-state index in [1.165, 1.54) is 0 Å². The van der Waals surface area contributed by atoms with Crippen molar-refractivity contribution in [3.05, 3.63) is 28.8 Å². The molecule has 2 fully saturated rings. The summed E-state index contributed by atoms with van der Waals surface area (Å²) < 4.78 is 6.11. The molecule has 0 aliphatic carbocycles. The SMILES string of the molecule is CC(=O)N1CCC(Oc2ccc(Cl)cc2C(=O)N2CCC[C@H]2CO)CC1. The molecule has 0 spiro atoms. The third-order valence-corrected chi connectivity index (χ3v) is 5.44. The standard InChI is InChI=1S/C19H25ClN2O4/c1-13(24)21-9-6-16(7-10-21)26-18-5-4-14(20)11-17(18)19(25)22-8-2-3-15(22)12-23/h4-5,11,15-16,23H,2-3,6-10,12H2,1H3/t15-/m0/s1. The van der Waals surface area contributed by atoms with Crippen LogP contribution in [0.15, 0.2) is 18.2 Å². The predicted octanol–water partition coefficient (Wildman–Crippen LogP) is 2.33. The molecule has 0 aromatic heterocycles. The molecule has 3 rings (SSSR count). The van der Waals surface area contributed by atoms with Crippen molar-refractivity contribution >= 4 is 23.4 Å². The number of hydrogen-bond acceptors (Lipinski definition) is 4. The summed E-state index contributed by atoms with van der Waals surface area (Å²) >= 11 is 6.11. The number of aliphatic hydroxyl groups excluding tert-OH is 1. The van der Waals surface area contributed by atoms with E-state index in [-0.39, 0.29) is 30.6 Å². The van der Waals surface area contributed by atoms with Gasteiger partial charge < -0.3 is 19.6 Å². The number of likely N-dealkylation sites (tertiary alicyclic amines) is 2. The molecule has 0 saturated carbocycles. The number of nitrogens with zero attached hydrogens (tertiary/aromatic N) is 2. The van der Waals surface area contributed by atoms with Gasteiger partial charge in [-0.05, 0) is 31.0 Å². The average Bonchev–Trinajstić information content (AvgIpc) is 3.12. The summed E-state index contributed by atoms with van der Waals surface area (Å²) in [4.78, 5) is 28.0. The first-order valence-electron chi connectivity index (χ1n) is 9.13. The zero-order valence-corrected chi connectivity index (χ0v) is 15.7. The summed E-state index contributed by atoms with van der Waals surface area (Å²) in [6, 6.07) is 4.94. The number of piperidine rings is 1. The summed E-state index contributed by atoms with van der Waals surface area (Å²) in [7, 11) is 0. The molecule has 26 heavy (non-hydrogen) atoms. The fourth-order valence-electron chi connectivity index (χ4n) is 3.69. The molecular formula is C19H25ClN2O4. The van der Waals surface area contributed by atoms with E-state index < -0.39 is 0 Å². The first-order chi connectivity index (χ1) is 12.5. The molecule has 2 saturated heterocycles. The quantitative estimate of drug-likeness (QED) is 0.870. The Labute approximate surface area is 158 Å². The van der Waals surface area contributed by atoms with Gasteiger partial charge in [-0.2, -0.15) is 0 Å². The van der Waals surface area contributed by atoms with Crippen molar-refractivity contribution in [3.8, 4) is 5.75 Å². The minimum absolute atomic E-state index is 0.0357. The second kappa shape index (κ2) is 8.27. The van der Waals surface area contributed by atoms with Gasteiger partial charge in [-0.15, -0.1) is 0 Å². The fourth-order valence-corrected chi connectivity index (χ4v) is 3.86. The van der Waals surface area contributed by atoms with Crippen LogP contribution in [0.1, 0.15) is 43.0 Å². The van der Waals surface area contributed by atoms with Crippen LogP contribution < -0.4 is 4.74 Å². The molecule has 0 unspecified atom stereocenters. The minimum Gasteiger partial charge on any atom is -0.489 e. The zero-order chi connectivity index (χ0) is 18.7. The largest absolute Gasteiger partial charge is 0.489 e. The first-order valence-corrected chi connectivity index (χ1v) is 9.51. The van der Waals surface area contributed by atoms with E-state index in [1.54, 1.807) is 30.0 Å². The lowest BCUT2D eigenvalue weighted by Gasteiger charge is -2.32. The molecular weight excluding hydrogens is 356 g/mol. The van der Waals surface area contributed by atoms with Crippen LogP contribution in [0.5, 0.6) is 5.75 Å². The average molecular weight is 381 g/mol. The van der Waals surface area contributed by atoms with E-state index in [2.05, 4.69) is 0 Å². The van der Waals surface area contributed by atoms with Crippen LogP contribution in [-0.4, -0.2) is 65.1 Å². The topological polar surface area (TPSA) is 70.1 Å². The molecule has 1 aromatic rings. The number of benzene rings is 1. The van der Waals surface area contributed by atoms with Crippen LogP contribution >= 0.6 is 11.6 Å². The number of halogens is 1. The molecule has 6 nitrogen and oxygen atoms in total. The molecule has 2 amide bonds. The monoisotopic (exact) mass is 380 g/mol. The molecule has 2 heterocycles. The van der Waals surface area contributed by atoms with Gasteiger partial charge in [-0.25, -0.2) is 0 Å². The van der Waals surface area contributed by atoms with Crippen LogP contribution in [0.4, 0.5) is 0 Å². The van der Waals surface area contributed by atoms with E-state index in [4.69, 9.17) is 16.3 Å². The molecule has 0 bridgehead atoms. The molecule has 2 aliphatic heterocycles. The summed E-state index contributed by atoms with van der Waals surface area (Å²) in [6.45, 7) is 3.49. The highest BCUT2D eigenvalue weighted by Crippen LogP contribution is 2.29. The van der Waals surface area contributed by atoms with Gasteiger partial charge in [0.05, 0.1) is 18.2 Å². The van der Waals surface area contributed by atoms with Crippen molar-refractivity contribution in [3.63, 3.8) is 0 Å². The maximum Gasteiger partial charge on any atom is 0.258 e. The van der Waals surface area contributed by atoms with Crippen LogP contribution in [0.3, 0.4) is 0 Å². The predicted molar refractivity (Wildman–Crippen MR) is 98.5 cm³/mol. The fraction of sp³-hybridized carbons (Fsp3) is 0.579. The number of carbonyl (C=O) groups is 2. The zero-order valence-electron chi connectivity index (χ0n) is 15.0. The van der Waals surface area contributed by atoms with Gasteiger partial charge in [0, 0.05) is 44.4 Å². The highest BCUT2D eigenvalue weighted by Gasteiger charge is 2.31. The minimum atomic E-state index is -0.153. The summed E-state index contributed by atoms with van der Waals surface area (Å²) in [5.74, 6) is 0.444. The summed E-state index contributed by atoms with van der Waals surface area (Å²) in [6.07, 6.45) is 3.13.